The molecule has 0 aliphatic heterocycles. The normalized spacial score (nSPS) is 10.6. The molecule has 6 nitrogen and oxygen atoms in total. The Morgan fingerprint density at radius 1 is 1.23 bits per heavy atom. The van der Waals surface area contributed by atoms with E-state index in [1.807, 2.05) is 0 Å². The summed E-state index contributed by atoms with van der Waals surface area (Å²) in [5.41, 5.74) is 0.855. The van der Waals surface area contributed by atoms with Gasteiger partial charge in [0.2, 0.25) is 5.91 Å². The molecular weight excluding hydrogens is 364 g/mol. The van der Waals surface area contributed by atoms with Gasteiger partial charge in [0.25, 0.3) is 5.91 Å². The molecule has 2 amide bonds. The molecule has 3 rings (SSSR count). The summed E-state index contributed by atoms with van der Waals surface area (Å²) < 4.78 is 31.4. The van der Waals surface area contributed by atoms with Crippen molar-refractivity contribution in [3.8, 4) is 11.3 Å². The van der Waals surface area contributed by atoms with Crippen LogP contribution in [-0.2, 0) is 4.79 Å². The van der Waals surface area contributed by atoms with Crippen molar-refractivity contribution in [2.45, 2.75) is 6.92 Å². The number of carbonyl (C=O) groups is 2. The lowest BCUT2D eigenvalue weighted by molar-refractivity contribution is -0.115. The second-order valence-corrected chi connectivity index (χ2v) is 6.46. The number of aromatic nitrogens is 1. The highest BCUT2D eigenvalue weighted by Crippen LogP contribution is 2.31. The minimum absolute atomic E-state index is 0.100. The van der Waals surface area contributed by atoms with Gasteiger partial charge < -0.3 is 15.1 Å². The van der Waals surface area contributed by atoms with E-state index in [0.29, 0.717) is 16.4 Å². The van der Waals surface area contributed by atoms with E-state index in [9.17, 15) is 18.4 Å². The zero-order chi connectivity index (χ0) is 18.7. The van der Waals surface area contributed by atoms with Crippen LogP contribution < -0.4 is 10.6 Å². The van der Waals surface area contributed by atoms with Gasteiger partial charge in [-0.15, -0.1) is 11.3 Å². The molecule has 2 N–H and O–H groups in total. The maximum Gasteiger partial charge on any atom is 0.287 e. The van der Waals surface area contributed by atoms with Crippen LogP contribution in [0.1, 0.15) is 15.4 Å². The Morgan fingerprint density at radius 2 is 2.04 bits per heavy atom. The minimum atomic E-state index is -0.971. The van der Waals surface area contributed by atoms with Crippen molar-refractivity contribution in [3.05, 3.63) is 58.9 Å². The average Bonchev–Trinajstić information content (AvgIpc) is 3.25. The molecule has 0 radical (unpaired) electrons. The summed E-state index contributed by atoms with van der Waals surface area (Å²) in [6.45, 7) is 1.49. The van der Waals surface area contributed by atoms with Crippen molar-refractivity contribution >= 4 is 28.3 Å². The van der Waals surface area contributed by atoms with Gasteiger partial charge in [0.1, 0.15) is 0 Å². The Labute approximate surface area is 150 Å². The molecule has 1 aromatic carbocycles. The molecule has 26 heavy (non-hydrogen) atoms. The number of anilines is 1. The van der Waals surface area contributed by atoms with E-state index in [-0.39, 0.29) is 12.3 Å². The lowest BCUT2D eigenvalue weighted by atomic mass is 10.1. The van der Waals surface area contributed by atoms with E-state index < -0.39 is 23.4 Å². The largest absolute Gasteiger partial charge is 0.459 e. The highest BCUT2D eigenvalue weighted by atomic mass is 32.1. The third-order valence-electron chi connectivity index (χ3n) is 3.39. The molecule has 0 unspecified atom stereocenters. The van der Waals surface area contributed by atoms with Gasteiger partial charge in [0, 0.05) is 10.4 Å². The summed E-state index contributed by atoms with van der Waals surface area (Å²) in [4.78, 5) is 28.6. The number of nitrogens with one attached hydrogen (secondary N) is 2. The molecule has 0 spiro atoms. The third kappa shape index (κ3) is 3.94. The van der Waals surface area contributed by atoms with E-state index in [1.165, 1.54) is 29.7 Å². The predicted octanol–water partition coefficient (Wildman–Crippen LogP) is 3.36. The first-order valence-electron chi connectivity index (χ1n) is 7.48. The monoisotopic (exact) mass is 377 g/mol. The van der Waals surface area contributed by atoms with E-state index >= 15 is 0 Å². The van der Waals surface area contributed by atoms with Crippen LogP contribution in [0, 0.1) is 18.6 Å². The number of aryl methyl sites for hydroxylation is 1. The number of furan rings is 1. The Hall–Kier alpha value is -3.07. The number of thiazole rings is 1. The van der Waals surface area contributed by atoms with Gasteiger partial charge in [-0.3, -0.25) is 9.59 Å². The van der Waals surface area contributed by atoms with Gasteiger partial charge in [-0.05, 0) is 37.3 Å². The third-order valence-corrected chi connectivity index (χ3v) is 4.28. The Bertz CT molecular complexity index is 954. The molecule has 3 aromatic rings. The molecule has 0 bridgehead atoms. The molecule has 0 saturated heterocycles. The number of carbonyl (C=O) groups excluding carboxylic acids is 2. The number of hydrogen-bond acceptors (Lipinski definition) is 5. The first kappa shape index (κ1) is 17.7. The Morgan fingerprint density at radius 3 is 2.73 bits per heavy atom. The summed E-state index contributed by atoms with van der Waals surface area (Å²) in [5, 5.41) is 5.26. The Kier molecular flexibility index (Phi) is 5.08. The van der Waals surface area contributed by atoms with Gasteiger partial charge in [0.15, 0.2) is 22.5 Å². The van der Waals surface area contributed by atoms with Crippen molar-refractivity contribution in [2.75, 3.05) is 11.9 Å². The van der Waals surface area contributed by atoms with E-state index in [4.69, 9.17) is 4.42 Å². The van der Waals surface area contributed by atoms with Crippen molar-refractivity contribution in [1.82, 2.24) is 10.3 Å². The van der Waals surface area contributed by atoms with Crippen molar-refractivity contribution in [3.63, 3.8) is 0 Å². The quantitative estimate of drug-likeness (QED) is 0.714. The molecule has 0 atom stereocenters. The summed E-state index contributed by atoms with van der Waals surface area (Å²) in [6.07, 6.45) is 1.35. The van der Waals surface area contributed by atoms with Crippen LogP contribution in [0.3, 0.4) is 0 Å². The van der Waals surface area contributed by atoms with E-state index in [2.05, 4.69) is 15.6 Å². The minimum Gasteiger partial charge on any atom is -0.459 e. The molecule has 0 fully saturated rings. The molecule has 9 heteroatoms. The first-order valence-corrected chi connectivity index (χ1v) is 8.30. The number of amides is 2. The highest BCUT2D eigenvalue weighted by molar-refractivity contribution is 7.16. The smallest absolute Gasteiger partial charge is 0.287 e. The summed E-state index contributed by atoms with van der Waals surface area (Å²) in [5.74, 6) is -2.80. The maximum atomic E-state index is 13.4. The lowest BCUT2D eigenvalue weighted by Crippen LogP contribution is -2.32. The molecule has 134 valence electrons. The van der Waals surface area contributed by atoms with Crippen LogP contribution in [0.25, 0.3) is 11.3 Å². The molecule has 2 heterocycles. The van der Waals surface area contributed by atoms with Crippen LogP contribution in [0.5, 0.6) is 0 Å². The number of hydrogen-bond donors (Lipinski definition) is 2. The summed E-state index contributed by atoms with van der Waals surface area (Å²) in [6, 6.07) is 6.52. The van der Waals surface area contributed by atoms with Gasteiger partial charge in [-0.2, -0.15) is 0 Å². The SMILES string of the molecule is Cc1sc(NC(=O)CNC(=O)c2ccco2)nc1-c1ccc(F)c(F)c1. The van der Waals surface area contributed by atoms with Crippen molar-refractivity contribution in [1.29, 1.82) is 0 Å². The number of benzene rings is 1. The Balaban J connectivity index is 1.64. The molecule has 0 saturated carbocycles. The second kappa shape index (κ2) is 7.44. The molecule has 2 aromatic heterocycles. The fourth-order valence-electron chi connectivity index (χ4n) is 2.18. The van der Waals surface area contributed by atoms with Crippen molar-refractivity contribution < 1.29 is 22.8 Å². The second-order valence-electron chi connectivity index (χ2n) is 5.26. The van der Waals surface area contributed by atoms with Crippen LogP contribution in [-0.4, -0.2) is 23.3 Å². The van der Waals surface area contributed by atoms with Gasteiger partial charge in [-0.25, -0.2) is 13.8 Å². The van der Waals surface area contributed by atoms with Crippen molar-refractivity contribution in [2.24, 2.45) is 0 Å². The topological polar surface area (TPSA) is 84.2 Å². The zero-order valence-electron chi connectivity index (χ0n) is 13.5. The predicted molar refractivity (Wildman–Crippen MR) is 91.9 cm³/mol. The summed E-state index contributed by atoms with van der Waals surface area (Å²) in [7, 11) is 0. The molecular formula is C17H13F2N3O3S. The van der Waals surface area contributed by atoms with Gasteiger partial charge >= 0.3 is 0 Å². The highest BCUT2D eigenvalue weighted by Gasteiger charge is 2.15. The van der Waals surface area contributed by atoms with Crippen LogP contribution in [0.4, 0.5) is 13.9 Å². The fourth-order valence-corrected chi connectivity index (χ4v) is 3.03. The zero-order valence-corrected chi connectivity index (χ0v) is 14.3. The summed E-state index contributed by atoms with van der Waals surface area (Å²) >= 11 is 1.19. The van der Waals surface area contributed by atoms with E-state index in [1.54, 1.807) is 13.0 Å². The molecule has 0 aliphatic carbocycles. The standard InChI is InChI=1S/C17H13F2N3O3S/c1-9-15(10-4-5-11(18)12(19)7-10)22-17(26-9)21-14(23)8-20-16(24)13-3-2-6-25-13/h2-7H,8H2,1H3,(H,20,24)(H,21,22,23). The molecule has 0 aliphatic rings. The number of halogens is 2. The first-order chi connectivity index (χ1) is 12.4. The average molecular weight is 377 g/mol. The van der Waals surface area contributed by atoms with Crippen LogP contribution in [0.15, 0.2) is 41.0 Å². The van der Waals surface area contributed by atoms with Gasteiger partial charge in [0.05, 0.1) is 18.5 Å². The maximum absolute atomic E-state index is 13.4. The van der Waals surface area contributed by atoms with Gasteiger partial charge in [-0.1, -0.05) is 0 Å². The fraction of sp³-hybridized carbons (Fsp3) is 0.118. The van der Waals surface area contributed by atoms with E-state index in [0.717, 1.165) is 17.0 Å². The number of rotatable bonds is 5. The van der Waals surface area contributed by atoms with Crippen LogP contribution in [0.2, 0.25) is 0 Å². The van der Waals surface area contributed by atoms with Crippen LogP contribution >= 0.6 is 11.3 Å². The lowest BCUT2D eigenvalue weighted by Gasteiger charge is -2.03. The number of nitrogens with zero attached hydrogens (tertiary/aromatic N) is 1.